The lowest BCUT2D eigenvalue weighted by Crippen LogP contribution is -2.24. The average molecular weight is 385 g/mol. The van der Waals surface area contributed by atoms with Crippen molar-refractivity contribution in [2.75, 3.05) is 0 Å². The summed E-state index contributed by atoms with van der Waals surface area (Å²) in [7, 11) is 0. The van der Waals surface area contributed by atoms with E-state index in [1.54, 1.807) is 0 Å². The zero-order valence-corrected chi connectivity index (χ0v) is 13.4. The van der Waals surface area contributed by atoms with Crippen LogP contribution in [-0.2, 0) is 0 Å². The first-order valence-corrected chi connectivity index (χ1v) is 7.16. The molecule has 3 rings (SSSR count). The molecule has 0 atom stereocenters. The molecule has 0 spiro atoms. The summed E-state index contributed by atoms with van der Waals surface area (Å²) in [5, 5.41) is 44.8. The van der Waals surface area contributed by atoms with Crippen LogP contribution in [0, 0.1) is 15.3 Å². The molecule has 0 aliphatic heterocycles. The van der Waals surface area contributed by atoms with Crippen molar-refractivity contribution in [3.05, 3.63) is 49.9 Å². The molecule has 10 nitrogen and oxygen atoms in total. The maximum atomic E-state index is 11.3. The summed E-state index contributed by atoms with van der Waals surface area (Å²) in [5.74, 6) is -1.87. The van der Waals surface area contributed by atoms with E-state index in [9.17, 15) is 25.5 Å². The van der Waals surface area contributed by atoms with E-state index in [-0.39, 0.29) is 32.9 Å². The number of benzene rings is 1. The van der Waals surface area contributed by atoms with Gasteiger partial charge >= 0.3 is 5.69 Å². The highest BCUT2D eigenvalue weighted by Gasteiger charge is 2.24. The van der Waals surface area contributed by atoms with Crippen LogP contribution in [0.1, 0.15) is 0 Å². The number of pyridine rings is 1. The van der Waals surface area contributed by atoms with E-state index in [2.05, 4.69) is 10.1 Å². The molecule has 0 unspecified atom stereocenters. The Labute approximate surface area is 148 Å². The Kier molecular flexibility index (Phi) is 4.07. The number of nitro benzene ring substituents is 1. The molecule has 0 radical (unpaired) electrons. The van der Waals surface area contributed by atoms with Crippen molar-refractivity contribution < 1.29 is 24.4 Å². The van der Waals surface area contributed by atoms with Gasteiger partial charge in [-0.15, -0.1) is 0 Å². The minimum Gasteiger partial charge on any atom is -0.619 e. The highest BCUT2D eigenvalue weighted by molar-refractivity contribution is 6.38. The molecule has 0 aliphatic carbocycles. The van der Waals surface area contributed by atoms with Crippen LogP contribution in [0.25, 0.3) is 22.8 Å². The van der Waals surface area contributed by atoms with E-state index in [4.69, 9.17) is 27.7 Å². The number of halogens is 2. The first-order chi connectivity index (χ1) is 11.8. The number of hydrogen-bond acceptors (Lipinski definition) is 8. The second-order valence-electron chi connectivity index (χ2n) is 4.73. The molecule has 2 heterocycles. The fourth-order valence-electron chi connectivity index (χ4n) is 2.02. The molecule has 2 aromatic heterocycles. The molecule has 12 heteroatoms. The molecule has 0 saturated carbocycles. The predicted molar refractivity (Wildman–Crippen MR) is 84.1 cm³/mol. The van der Waals surface area contributed by atoms with Gasteiger partial charge in [0, 0.05) is 11.6 Å². The number of rotatable bonds is 3. The summed E-state index contributed by atoms with van der Waals surface area (Å²) in [6, 6.07) is 1.99. The van der Waals surface area contributed by atoms with Crippen molar-refractivity contribution in [2.24, 2.45) is 0 Å². The van der Waals surface area contributed by atoms with E-state index >= 15 is 0 Å². The normalized spacial score (nSPS) is 10.8. The van der Waals surface area contributed by atoms with Crippen LogP contribution in [0.4, 0.5) is 5.69 Å². The molecular formula is C13H6Cl2N4O6. The third kappa shape index (κ3) is 2.99. The van der Waals surface area contributed by atoms with Gasteiger partial charge in [0.2, 0.25) is 11.6 Å². The van der Waals surface area contributed by atoms with Gasteiger partial charge in [-0.1, -0.05) is 28.4 Å². The standard InChI is InChI=1S/C13H6Cl2N4O6/c14-6-3-18(22)4-7(15)10(6)13-16-12(17-25-13)5-1-8(19(23)24)11(21)9(20)2-5/h1-4,20-21H. The summed E-state index contributed by atoms with van der Waals surface area (Å²) in [5.41, 5.74) is -0.615. The Hall–Kier alpha value is -3.11. The lowest BCUT2D eigenvalue weighted by Gasteiger charge is -2.02. The molecule has 0 aliphatic rings. The van der Waals surface area contributed by atoms with Crippen LogP contribution >= 0.6 is 23.2 Å². The first-order valence-electron chi connectivity index (χ1n) is 6.40. The van der Waals surface area contributed by atoms with Crippen molar-refractivity contribution in [3.63, 3.8) is 0 Å². The predicted octanol–water partition coefficient (Wildman–Crippen LogP) is 2.66. The van der Waals surface area contributed by atoms with Gasteiger partial charge in [-0.25, -0.2) is 0 Å². The topological polar surface area (TPSA) is 149 Å². The van der Waals surface area contributed by atoms with Gasteiger partial charge in [0.15, 0.2) is 18.1 Å². The monoisotopic (exact) mass is 384 g/mol. The van der Waals surface area contributed by atoms with E-state index < -0.39 is 22.1 Å². The van der Waals surface area contributed by atoms with Gasteiger partial charge in [-0.2, -0.15) is 9.71 Å². The van der Waals surface area contributed by atoms with Crippen molar-refractivity contribution in [1.82, 2.24) is 10.1 Å². The third-order valence-corrected chi connectivity index (χ3v) is 3.70. The summed E-state index contributed by atoms with van der Waals surface area (Å²) >= 11 is 11.9. The number of aromatic nitrogens is 3. The first kappa shape index (κ1) is 16.7. The Morgan fingerprint density at radius 2 is 1.84 bits per heavy atom. The van der Waals surface area contributed by atoms with Gasteiger partial charge in [-0.3, -0.25) is 10.1 Å². The number of hydrogen-bond donors (Lipinski definition) is 2. The Balaban J connectivity index is 2.11. The minimum atomic E-state index is -0.883. The zero-order valence-electron chi connectivity index (χ0n) is 11.9. The molecular weight excluding hydrogens is 379 g/mol. The zero-order chi connectivity index (χ0) is 18.3. The van der Waals surface area contributed by atoms with Crippen LogP contribution in [0.2, 0.25) is 10.0 Å². The van der Waals surface area contributed by atoms with E-state index in [1.807, 2.05) is 0 Å². The Morgan fingerprint density at radius 3 is 2.44 bits per heavy atom. The smallest absolute Gasteiger partial charge is 0.315 e. The summed E-state index contributed by atoms with van der Waals surface area (Å²) in [6.07, 6.45) is 2.06. The van der Waals surface area contributed by atoms with Gasteiger partial charge in [0.1, 0.15) is 10.0 Å². The van der Waals surface area contributed by atoms with Crippen LogP contribution < -0.4 is 4.73 Å². The van der Waals surface area contributed by atoms with Crippen LogP contribution in [-0.4, -0.2) is 25.3 Å². The number of phenols is 2. The fraction of sp³-hybridized carbons (Fsp3) is 0. The minimum absolute atomic E-state index is 0.0130. The molecule has 1 aromatic carbocycles. The van der Waals surface area contributed by atoms with E-state index in [0.717, 1.165) is 24.5 Å². The Bertz CT molecular complexity index is 983. The van der Waals surface area contributed by atoms with E-state index in [1.165, 1.54) is 0 Å². The van der Waals surface area contributed by atoms with Crippen molar-refractivity contribution >= 4 is 28.9 Å². The number of phenolic OH excluding ortho intramolecular Hbond substituents is 2. The van der Waals surface area contributed by atoms with Gasteiger partial charge < -0.3 is 19.9 Å². The van der Waals surface area contributed by atoms with Crippen molar-refractivity contribution in [3.8, 4) is 34.3 Å². The SMILES string of the molecule is O=[N+]([O-])c1cc(-c2noc(-c3c(Cl)c[n+]([O-])cc3Cl)n2)cc(O)c1O. The quantitative estimate of drug-likeness (QED) is 0.230. The van der Waals surface area contributed by atoms with Crippen molar-refractivity contribution in [2.45, 2.75) is 0 Å². The van der Waals surface area contributed by atoms with E-state index in [0.29, 0.717) is 4.73 Å². The largest absolute Gasteiger partial charge is 0.619 e. The van der Waals surface area contributed by atoms with Crippen molar-refractivity contribution in [1.29, 1.82) is 0 Å². The van der Waals surface area contributed by atoms with Gasteiger partial charge in [-0.05, 0) is 6.07 Å². The molecule has 3 aromatic rings. The molecule has 128 valence electrons. The second-order valence-corrected chi connectivity index (χ2v) is 5.55. The summed E-state index contributed by atoms with van der Waals surface area (Å²) in [6.45, 7) is 0. The molecule has 0 saturated heterocycles. The average Bonchev–Trinajstić information content (AvgIpc) is 2.98. The van der Waals surface area contributed by atoms with Crippen LogP contribution in [0.15, 0.2) is 29.0 Å². The molecule has 0 fully saturated rings. The van der Waals surface area contributed by atoms with Gasteiger partial charge in [0.05, 0.1) is 10.5 Å². The highest BCUT2D eigenvalue weighted by atomic mass is 35.5. The highest BCUT2D eigenvalue weighted by Crippen LogP contribution is 2.39. The van der Waals surface area contributed by atoms with Crippen LogP contribution in [0.3, 0.4) is 0 Å². The molecule has 2 N–H and O–H groups in total. The number of nitro groups is 1. The Morgan fingerprint density at radius 1 is 1.20 bits per heavy atom. The lowest BCUT2D eigenvalue weighted by atomic mass is 10.1. The fourth-order valence-corrected chi connectivity index (χ4v) is 2.63. The lowest BCUT2D eigenvalue weighted by molar-refractivity contribution is -0.605. The van der Waals surface area contributed by atoms with Gasteiger partial charge in [0.25, 0.3) is 5.89 Å². The summed E-state index contributed by atoms with van der Waals surface area (Å²) < 4.78 is 5.42. The molecule has 25 heavy (non-hydrogen) atoms. The molecule has 0 bridgehead atoms. The van der Waals surface area contributed by atoms with Crippen LogP contribution in [0.5, 0.6) is 11.5 Å². The maximum Gasteiger partial charge on any atom is 0.315 e. The maximum absolute atomic E-state index is 11.3. The second kappa shape index (κ2) is 6.07. The number of nitrogens with zero attached hydrogens (tertiary/aromatic N) is 4. The molecule has 0 amide bonds. The summed E-state index contributed by atoms with van der Waals surface area (Å²) in [4.78, 5) is 14.0. The number of aromatic hydroxyl groups is 2. The third-order valence-electron chi connectivity index (χ3n) is 3.12.